The van der Waals surface area contributed by atoms with Crippen LogP contribution in [0.15, 0.2) is 53.5 Å². The second-order valence-electron chi connectivity index (χ2n) is 8.58. The minimum absolute atomic E-state index is 0. The summed E-state index contributed by atoms with van der Waals surface area (Å²) in [5.74, 6) is 1.10. The highest BCUT2D eigenvalue weighted by Crippen LogP contribution is 2.21. The molecule has 2 heterocycles. The molecule has 32 heavy (non-hydrogen) atoms. The van der Waals surface area contributed by atoms with Crippen LogP contribution in [0.1, 0.15) is 36.0 Å². The number of rotatable bonds is 6. The molecule has 1 atom stereocenters. The van der Waals surface area contributed by atoms with Crippen LogP contribution in [0.5, 0.6) is 0 Å². The Morgan fingerprint density at radius 2 is 1.91 bits per heavy atom. The van der Waals surface area contributed by atoms with Crippen LogP contribution in [0.2, 0.25) is 0 Å². The highest BCUT2D eigenvalue weighted by atomic mass is 127. The number of anilines is 1. The van der Waals surface area contributed by atoms with Crippen LogP contribution in [0.25, 0.3) is 0 Å². The number of carbonyl (C=O) groups is 1. The summed E-state index contributed by atoms with van der Waals surface area (Å²) in [5, 5.41) is 7.01. The van der Waals surface area contributed by atoms with E-state index in [0.717, 1.165) is 38.4 Å². The number of carbonyl (C=O) groups excluding carboxylic acids is 1. The van der Waals surface area contributed by atoms with Gasteiger partial charge in [-0.25, -0.2) is 0 Å². The summed E-state index contributed by atoms with van der Waals surface area (Å²) in [7, 11) is 1.82. The van der Waals surface area contributed by atoms with Crippen LogP contribution < -0.4 is 15.5 Å². The van der Waals surface area contributed by atoms with Crippen LogP contribution in [-0.4, -0.2) is 49.5 Å². The molecule has 0 spiro atoms. The maximum Gasteiger partial charge on any atom is 0.222 e. The number of likely N-dealkylation sites (tertiary alicyclic amines) is 1. The first-order chi connectivity index (χ1) is 15.1. The molecular formula is C25H34IN5O. The van der Waals surface area contributed by atoms with Crippen molar-refractivity contribution < 1.29 is 4.79 Å². The number of nitrogens with zero attached hydrogens (tertiary/aromatic N) is 3. The van der Waals surface area contributed by atoms with Gasteiger partial charge < -0.3 is 20.4 Å². The van der Waals surface area contributed by atoms with Gasteiger partial charge in [-0.2, -0.15) is 0 Å². The van der Waals surface area contributed by atoms with E-state index < -0.39 is 0 Å². The van der Waals surface area contributed by atoms with Gasteiger partial charge in [-0.15, -0.1) is 24.0 Å². The van der Waals surface area contributed by atoms with E-state index in [9.17, 15) is 4.79 Å². The highest BCUT2D eigenvalue weighted by Gasteiger charge is 2.23. The minimum atomic E-state index is 0. The fourth-order valence-corrected chi connectivity index (χ4v) is 4.37. The molecule has 2 aromatic rings. The quantitative estimate of drug-likeness (QED) is 0.329. The van der Waals surface area contributed by atoms with Crippen molar-refractivity contribution in [1.29, 1.82) is 0 Å². The molecule has 6 nitrogen and oxygen atoms in total. The molecule has 2 saturated heterocycles. The Hall–Kier alpha value is -2.29. The van der Waals surface area contributed by atoms with E-state index in [1.807, 2.05) is 11.9 Å². The average Bonchev–Trinajstić information content (AvgIpc) is 3.41. The van der Waals surface area contributed by atoms with Gasteiger partial charge in [0.25, 0.3) is 0 Å². The molecule has 2 aliphatic heterocycles. The van der Waals surface area contributed by atoms with Crippen LogP contribution in [0, 0.1) is 6.92 Å². The summed E-state index contributed by atoms with van der Waals surface area (Å²) in [6.07, 6.45) is 2.75. The molecule has 0 radical (unpaired) electrons. The Morgan fingerprint density at radius 1 is 1.12 bits per heavy atom. The first kappa shape index (κ1) is 24.4. The summed E-state index contributed by atoms with van der Waals surface area (Å²) in [6.45, 7) is 6.43. The van der Waals surface area contributed by atoms with E-state index in [-0.39, 0.29) is 29.9 Å². The van der Waals surface area contributed by atoms with Gasteiger partial charge in [-0.1, -0.05) is 42.0 Å². The van der Waals surface area contributed by atoms with E-state index in [2.05, 4.69) is 76.0 Å². The maximum atomic E-state index is 11.9. The zero-order chi connectivity index (χ0) is 21.6. The maximum absolute atomic E-state index is 11.9. The van der Waals surface area contributed by atoms with Gasteiger partial charge in [0.05, 0.1) is 0 Å². The molecule has 172 valence electrons. The third-order valence-corrected chi connectivity index (χ3v) is 6.15. The summed E-state index contributed by atoms with van der Waals surface area (Å²) in [6, 6.07) is 17.6. The van der Waals surface area contributed by atoms with E-state index in [1.54, 1.807) is 0 Å². The second-order valence-corrected chi connectivity index (χ2v) is 8.58. The van der Waals surface area contributed by atoms with Crippen molar-refractivity contribution in [1.82, 2.24) is 15.5 Å². The first-order valence-corrected chi connectivity index (χ1v) is 11.2. The summed E-state index contributed by atoms with van der Waals surface area (Å²) >= 11 is 0. The number of aryl methyl sites for hydroxylation is 1. The monoisotopic (exact) mass is 547 g/mol. The van der Waals surface area contributed by atoms with Crippen LogP contribution in [-0.2, 0) is 17.9 Å². The Bertz CT molecular complexity index is 930. The zero-order valence-corrected chi connectivity index (χ0v) is 21.3. The van der Waals surface area contributed by atoms with Gasteiger partial charge in [0.2, 0.25) is 5.91 Å². The summed E-state index contributed by atoms with van der Waals surface area (Å²) in [5.41, 5.74) is 4.95. The van der Waals surface area contributed by atoms with Crippen LogP contribution >= 0.6 is 24.0 Å². The number of hydrogen-bond acceptors (Lipinski definition) is 3. The van der Waals surface area contributed by atoms with E-state index >= 15 is 0 Å². The topological polar surface area (TPSA) is 60.0 Å². The number of benzene rings is 2. The van der Waals surface area contributed by atoms with Gasteiger partial charge in [0.15, 0.2) is 5.96 Å². The van der Waals surface area contributed by atoms with Gasteiger partial charge >= 0.3 is 0 Å². The predicted molar refractivity (Wildman–Crippen MR) is 142 cm³/mol. The lowest BCUT2D eigenvalue weighted by atomic mass is 10.1. The molecule has 0 aromatic heterocycles. The van der Waals surface area contributed by atoms with Gasteiger partial charge in [-0.05, 0) is 43.0 Å². The molecule has 2 aromatic carbocycles. The number of nitrogens with one attached hydrogen (secondary N) is 2. The van der Waals surface area contributed by atoms with Crippen molar-refractivity contribution in [2.24, 2.45) is 4.99 Å². The van der Waals surface area contributed by atoms with Crippen LogP contribution in [0.4, 0.5) is 5.69 Å². The Balaban J connectivity index is 0.00000289. The predicted octanol–water partition coefficient (Wildman–Crippen LogP) is 3.68. The molecule has 0 saturated carbocycles. The number of guanidine groups is 1. The molecule has 0 bridgehead atoms. The molecular weight excluding hydrogens is 513 g/mol. The molecule has 0 aliphatic carbocycles. The Morgan fingerprint density at radius 3 is 2.62 bits per heavy atom. The molecule has 2 N–H and O–H groups in total. The number of aliphatic imine (C=N–C) groups is 1. The van der Waals surface area contributed by atoms with Crippen molar-refractivity contribution in [3.05, 3.63) is 65.2 Å². The van der Waals surface area contributed by atoms with E-state index in [1.165, 1.54) is 22.4 Å². The first-order valence-electron chi connectivity index (χ1n) is 11.2. The zero-order valence-electron chi connectivity index (χ0n) is 19.0. The third kappa shape index (κ3) is 6.37. The molecule has 1 amide bonds. The lowest BCUT2D eigenvalue weighted by Crippen LogP contribution is -2.44. The number of hydrogen-bond donors (Lipinski definition) is 2. The van der Waals surface area contributed by atoms with Crippen molar-refractivity contribution in [3.63, 3.8) is 0 Å². The van der Waals surface area contributed by atoms with Gasteiger partial charge in [-0.3, -0.25) is 9.79 Å². The second kappa shape index (κ2) is 11.5. The van der Waals surface area contributed by atoms with E-state index in [0.29, 0.717) is 25.6 Å². The van der Waals surface area contributed by atoms with Gasteiger partial charge in [0, 0.05) is 57.9 Å². The van der Waals surface area contributed by atoms with E-state index in [4.69, 9.17) is 0 Å². The molecule has 2 aliphatic rings. The fraction of sp³-hybridized carbons (Fsp3) is 0.440. The van der Waals surface area contributed by atoms with Crippen molar-refractivity contribution >= 4 is 41.5 Å². The average molecular weight is 547 g/mol. The standard InChI is InChI=1S/C25H33N5O.HI/c1-19-8-10-23(11-9-19)29-14-12-22(18-29)28-25(26-2)27-16-20-5-3-6-21(15-20)17-30-13-4-7-24(30)31;/h3,5-6,8-11,15,22H,4,7,12-14,16-18H2,1-2H3,(H2,26,27,28);1H. The Labute approximate surface area is 208 Å². The van der Waals surface area contributed by atoms with Crippen LogP contribution in [0.3, 0.4) is 0 Å². The largest absolute Gasteiger partial charge is 0.369 e. The molecule has 2 fully saturated rings. The third-order valence-electron chi connectivity index (χ3n) is 6.15. The fourth-order valence-electron chi connectivity index (χ4n) is 4.37. The van der Waals surface area contributed by atoms with Crippen molar-refractivity contribution in [2.75, 3.05) is 31.6 Å². The normalized spacial score (nSPS) is 18.6. The molecule has 4 rings (SSSR count). The molecule has 1 unspecified atom stereocenters. The summed E-state index contributed by atoms with van der Waals surface area (Å²) in [4.78, 5) is 20.7. The summed E-state index contributed by atoms with van der Waals surface area (Å²) < 4.78 is 0. The van der Waals surface area contributed by atoms with Gasteiger partial charge in [0.1, 0.15) is 0 Å². The smallest absolute Gasteiger partial charge is 0.222 e. The highest BCUT2D eigenvalue weighted by molar-refractivity contribution is 14.0. The number of amides is 1. The Kier molecular flexibility index (Phi) is 8.78. The number of halogens is 1. The minimum Gasteiger partial charge on any atom is -0.369 e. The lowest BCUT2D eigenvalue weighted by molar-refractivity contribution is -0.128. The SMILES string of the molecule is CN=C(NCc1cccc(CN2CCCC2=O)c1)NC1CCN(c2ccc(C)cc2)C1.I. The van der Waals surface area contributed by atoms with Crippen molar-refractivity contribution in [2.45, 2.75) is 45.3 Å². The lowest BCUT2D eigenvalue weighted by Gasteiger charge is -2.21. The molecule has 7 heteroatoms. The van der Waals surface area contributed by atoms with Crippen molar-refractivity contribution in [3.8, 4) is 0 Å².